The Morgan fingerprint density at radius 2 is 1.96 bits per heavy atom. The first-order valence-corrected chi connectivity index (χ1v) is 11.3. The molecule has 5 rings (SSSR count). The van der Waals surface area contributed by atoms with Crippen molar-refractivity contribution in [2.75, 3.05) is 13.1 Å². The Morgan fingerprint density at radius 1 is 1.27 bits per heavy atom. The summed E-state index contributed by atoms with van der Waals surface area (Å²) in [6, 6.07) is 6.57. The van der Waals surface area contributed by atoms with E-state index in [1.807, 2.05) is 6.92 Å². The average Bonchev–Trinajstić information content (AvgIpc) is 3.50. The summed E-state index contributed by atoms with van der Waals surface area (Å²) in [4.78, 5) is 1.34. The SMILES string of the molecule is C1CC2C3CC3C(C1)[N+]21CC1.C=C(C)C(C(=C)C/C=C\C)c1cccs1. The molecule has 1 aromatic rings. The number of quaternary nitrogens is 1. The van der Waals surface area contributed by atoms with Crippen LogP contribution in [-0.4, -0.2) is 29.7 Å². The number of piperidine rings is 2. The van der Waals surface area contributed by atoms with E-state index in [9.17, 15) is 0 Å². The molecule has 5 unspecified atom stereocenters. The number of nitrogens with zero attached hydrogens (tertiary/aromatic N) is 1. The Labute approximate surface area is 163 Å². The molecule has 1 nitrogen and oxygen atoms in total. The Bertz CT molecular complexity index is 676. The Balaban J connectivity index is 0.000000133. The lowest BCUT2D eigenvalue weighted by Gasteiger charge is -2.35. The summed E-state index contributed by atoms with van der Waals surface area (Å²) < 4.78 is 1.62. The maximum absolute atomic E-state index is 4.16. The highest BCUT2D eigenvalue weighted by atomic mass is 32.1. The van der Waals surface area contributed by atoms with E-state index in [1.165, 1.54) is 39.9 Å². The van der Waals surface area contributed by atoms with Crippen LogP contribution in [-0.2, 0) is 0 Å². The minimum Gasteiger partial charge on any atom is -0.309 e. The van der Waals surface area contributed by atoms with Gasteiger partial charge in [0, 0.05) is 22.6 Å². The number of thiophene rings is 1. The molecular weight excluding hydrogens is 334 g/mol. The molecule has 0 radical (unpaired) electrons. The third kappa shape index (κ3) is 3.16. The Kier molecular flexibility index (Phi) is 5.00. The van der Waals surface area contributed by atoms with Crippen LogP contribution in [0, 0.1) is 11.8 Å². The summed E-state index contributed by atoms with van der Waals surface area (Å²) in [5.74, 6) is 2.75. The maximum atomic E-state index is 4.16. The minimum absolute atomic E-state index is 0.321. The molecule has 0 aromatic carbocycles. The van der Waals surface area contributed by atoms with Gasteiger partial charge < -0.3 is 4.48 Å². The molecule has 140 valence electrons. The molecule has 0 amide bonds. The van der Waals surface area contributed by atoms with Crippen LogP contribution in [0.1, 0.15) is 56.7 Å². The average molecular weight is 369 g/mol. The van der Waals surface area contributed by atoms with Gasteiger partial charge in [0.05, 0.1) is 12.1 Å². The molecule has 4 aliphatic rings. The lowest BCUT2D eigenvalue weighted by atomic mass is 9.90. The molecule has 4 fully saturated rings. The number of fused-ring (bicyclic) bond motifs is 3. The van der Waals surface area contributed by atoms with Crippen molar-refractivity contribution in [2.24, 2.45) is 11.8 Å². The van der Waals surface area contributed by atoms with Crippen molar-refractivity contribution in [1.82, 2.24) is 0 Å². The Morgan fingerprint density at radius 3 is 2.42 bits per heavy atom. The summed E-state index contributed by atoms with van der Waals surface area (Å²) in [7, 11) is 0. The lowest BCUT2D eigenvalue weighted by Crippen LogP contribution is -2.45. The standard InChI is InChI=1S/C14H18S.C10H16N/c1-5-6-8-12(4)14(11(2)3)13-9-7-10-15-13;1-2-9-7-6-8(7)10(3-1)11(9)4-5-11/h5-7,9-10,14H,2,4,8H2,1,3H3;7-10H,1-6H2/q;+1/b6-5-;. The smallest absolute Gasteiger partial charge is 0.129 e. The predicted molar refractivity (Wildman–Crippen MR) is 113 cm³/mol. The second-order valence-corrected chi connectivity index (χ2v) is 9.88. The van der Waals surface area contributed by atoms with Gasteiger partial charge in [-0.3, -0.25) is 0 Å². The van der Waals surface area contributed by atoms with Crippen molar-refractivity contribution in [3.8, 4) is 0 Å². The van der Waals surface area contributed by atoms with Gasteiger partial charge >= 0.3 is 0 Å². The number of hydrogen-bond donors (Lipinski definition) is 0. The Hall–Kier alpha value is -1.12. The minimum atomic E-state index is 0.321. The highest BCUT2D eigenvalue weighted by Gasteiger charge is 2.73. The molecule has 2 bridgehead atoms. The van der Waals surface area contributed by atoms with Gasteiger partial charge in [-0.2, -0.15) is 0 Å². The van der Waals surface area contributed by atoms with E-state index >= 15 is 0 Å². The van der Waals surface area contributed by atoms with Crippen molar-refractivity contribution < 1.29 is 4.48 Å². The van der Waals surface area contributed by atoms with Crippen molar-refractivity contribution in [2.45, 2.75) is 64.0 Å². The van der Waals surface area contributed by atoms with Gasteiger partial charge in [-0.25, -0.2) is 0 Å². The molecule has 4 heterocycles. The lowest BCUT2D eigenvalue weighted by molar-refractivity contribution is -0.851. The second-order valence-electron chi connectivity index (χ2n) is 8.91. The third-order valence-corrected chi connectivity index (χ3v) is 8.22. The molecule has 2 heteroatoms. The zero-order valence-corrected chi connectivity index (χ0v) is 17.3. The van der Waals surface area contributed by atoms with Crippen molar-refractivity contribution >= 4 is 11.3 Å². The molecule has 1 aromatic heterocycles. The summed E-state index contributed by atoms with van der Waals surface area (Å²) >= 11 is 1.78. The number of allylic oxidation sites excluding steroid dienone is 4. The first kappa shape index (κ1) is 18.3. The van der Waals surface area contributed by atoms with E-state index in [4.69, 9.17) is 0 Å². The largest absolute Gasteiger partial charge is 0.309 e. The molecule has 1 spiro atoms. The fraction of sp³-hybridized carbons (Fsp3) is 0.583. The molecule has 0 N–H and O–H groups in total. The fourth-order valence-corrected chi connectivity index (χ4v) is 7.00. The van der Waals surface area contributed by atoms with E-state index in [0.29, 0.717) is 5.92 Å². The van der Waals surface area contributed by atoms with E-state index in [2.05, 4.69) is 49.7 Å². The van der Waals surface area contributed by atoms with Crippen LogP contribution in [0.5, 0.6) is 0 Å². The normalized spacial score (nSPS) is 33.3. The summed E-state index contributed by atoms with van der Waals surface area (Å²) in [6.45, 7) is 15.5. The van der Waals surface area contributed by atoms with Gasteiger partial charge in [0.1, 0.15) is 13.1 Å². The third-order valence-electron chi connectivity index (χ3n) is 7.28. The molecule has 5 atom stereocenters. The molecule has 3 saturated heterocycles. The van der Waals surface area contributed by atoms with Gasteiger partial charge in [-0.15, -0.1) is 11.3 Å². The molecular formula is C24H34NS+. The van der Waals surface area contributed by atoms with Gasteiger partial charge in [0.15, 0.2) is 0 Å². The van der Waals surface area contributed by atoms with E-state index in [-0.39, 0.29) is 0 Å². The van der Waals surface area contributed by atoms with Gasteiger partial charge in [0.25, 0.3) is 0 Å². The first-order valence-electron chi connectivity index (χ1n) is 10.4. The van der Waals surface area contributed by atoms with Crippen molar-refractivity contribution in [1.29, 1.82) is 0 Å². The van der Waals surface area contributed by atoms with Crippen LogP contribution < -0.4 is 0 Å². The van der Waals surface area contributed by atoms with Crippen LogP contribution >= 0.6 is 11.3 Å². The zero-order valence-electron chi connectivity index (χ0n) is 16.5. The highest BCUT2D eigenvalue weighted by molar-refractivity contribution is 7.10. The summed E-state index contributed by atoms with van der Waals surface area (Å²) in [5, 5.41) is 2.11. The maximum Gasteiger partial charge on any atom is 0.129 e. The number of rotatable bonds is 5. The van der Waals surface area contributed by atoms with Crippen molar-refractivity contribution in [3.05, 3.63) is 58.8 Å². The van der Waals surface area contributed by atoms with Crippen LogP contribution in [0.3, 0.4) is 0 Å². The predicted octanol–water partition coefficient (Wildman–Crippen LogP) is 6.32. The number of hydrogen-bond acceptors (Lipinski definition) is 1. The van der Waals surface area contributed by atoms with Crippen molar-refractivity contribution in [3.63, 3.8) is 0 Å². The zero-order chi connectivity index (χ0) is 18.3. The fourth-order valence-electron chi connectivity index (χ4n) is 6.02. The van der Waals surface area contributed by atoms with Crippen LogP contribution in [0.15, 0.2) is 54.0 Å². The van der Waals surface area contributed by atoms with Gasteiger partial charge in [-0.05, 0) is 57.4 Å². The van der Waals surface area contributed by atoms with E-state index in [0.717, 1.165) is 6.42 Å². The highest BCUT2D eigenvalue weighted by Crippen LogP contribution is 2.65. The van der Waals surface area contributed by atoms with Gasteiger partial charge in [0.2, 0.25) is 0 Å². The molecule has 1 saturated carbocycles. The summed E-state index contributed by atoms with van der Waals surface area (Å²) in [5.41, 5.74) is 2.40. The molecule has 1 aliphatic carbocycles. The monoisotopic (exact) mass is 368 g/mol. The first-order chi connectivity index (χ1) is 12.6. The van der Waals surface area contributed by atoms with E-state index < -0.39 is 0 Å². The van der Waals surface area contributed by atoms with Gasteiger partial charge in [-0.1, -0.05) is 42.5 Å². The van der Waals surface area contributed by atoms with Crippen LogP contribution in [0.2, 0.25) is 0 Å². The molecule has 26 heavy (non-hydrogen) atoms. The van der Waals surface area contributed by atoms with Crippen LogP contribution in [0.4, 0.5) is 0 Å². The topological polar surface area (TPSA) is 0 Å². The molecule has 3 aliphatic heterocycles. The quantitative estimate of drug-likeness (QED) is 0.324. The van der Waals surface area contributed by atoms with E-state index in [1.54, 1.807) is 54.6 Å². The van der Waals surface area contributed by atoms with Crippen LogP contribution in [0.25, 0.3) is 0 Å². The summed E-state index contributed by atoms with van der Waals surface area (Å²) in [6.07, 6.45) is 11.5. The second kappa shape index (κ2) is 7.13.